The number of nitrogens with zero attached hydrogens (tertiary/aromatic N) is 2. The van der Waals surface area contributed by atoms with Gasteiger partial charge >= 0.3 is 6.18 Å². The average molecular weight is 456 g/mol. The lowest BCUT2D eigenvalue weighted by molar-refractivity contribution is -0.137. The fraction of sp³-hybridized carbons (Fsp3) is 0.381. The van der Waals surface area contributed by atoms with Crippen molar-refractivity contribution < 1.29 is 26.4 Å². The van der Waals surface area contributed by atoms with Crippen molar-refractivity contribution in [1.29, 1.82) is 0 Å². The van der Waals surface area contributed by atoms with Gasteiger partial charge in [0, 0.05) is 45.7 Å². The highest BCUT2D eigenvalue weighted by Crippen LogP contribution is 2.29. The van der Waals surface area contributed by atoms with Gasteiger partial charge in [-0.15, -0.1) is 0 Å². The second kappa shape index (κ2) is 9.80. The Hall–Kier alpha value is -2.43. The third kappa shape index (κ3) is 6.52. The van der Waals surface area contributed by atoms with E-state index in [-0.39, 0.29) is 23.8 Å². The van der Waals surface area contributed by atoms with Gasteiger partial charge < -0.3 is 4.90 Å². The predicted octanol–water partition coefficient (Wildman–Crippen LogP) is 2.72. The number of carbonyl (C=O) groups is 1. The summed E-state index contributed by atoms with van der Waals surface area (Å²) in [5.41, 5.74) is 0.109. The number of carbonyl (C=O) groups excluding carboxylic acids is 1. The summed E-state index contributed by atoms with van der Waals surface area (Å²) >= 11 is 0. The molecule has 1 amide bonds. The van der Waals surface area contributed by atoms with Crippen LogP contribution in [-0.4, -0.2) is 56.8 Å². The molecule has 3 rings (SSSR count). The SMILES string of the molecule is O=C(CCNS(=O)(=O)c1ccccc1)N1CCN(Cc2ccc(C(F)(F)F)cc2)CC1. The number of alkyl halides is 3. The van der Waals surface area contributed by atoms with Crippen LogP contribution in [0.15, 0.2) is 59.5 Å². The van der Waals surface area contributed by atoms with E-state index in [9.17, 15) is 26.4 Å². The van der Waals surface area contributed by atoms with E-state index in [1.54, 1.807) is 23.1 Å². The molecule has 0 atom stereocenters. The Bertz CT molecular complexity index is 972. The molecular weight excluding hydrogens is 431 g/mol. The maximum absolute atomic E-state index is 12.7. The number of sulfonamides is 1. The highest BCUT2D eigenvalue weighted by molar-refractivity contribution is 7.89. The zero-order valence-corrected chi connectivity index (χ0v) is 17.6. The van der Waals surface area contributed by atoms with E-state index in [0.29, 0.717) is 32.7 Å². The first kappa shape index (κ1) is 23.2. The summed E-state index contributed by atoms with van der Waals surface area (Å²) in [6.45, 7) is 2.71. The smallest absolute Gasteiger partial charge is 0.340 e. The quantitative estimate of drug-likeness (QED) is 0.697. The number of benzene rings is 2. The summed E-state index contributed by atoms with van der Waals surface area (Å²) in [4.78, 5) is 16.3. The van der Waals surface area contributed by atoms with Gasteiger partial charge in [-0.05, 0) is 29.8 Å². The van der Waals surface area contributed by atoms with Gasteiger partial charge in [0.25, 0.3) is 0 Å². The normalized spacial score (nSPS) is 15.8. The van der Waals surface area contributed by atoms with Crippen molar-refractivity contribution in [3.05, 3.63) is 65.7 Å². The summed E-state index contributed by atoms with van der Waals surface area (Å²) in [7, 11) is -3.64. The summed E-state index contributed by atoms with van der Waals surface area (Å²) in [5, 5.41) is 0. The molecule has 1 heterocycles. The third-order valence-electron chi connectivity index (χ3n) is 5.10. The first-order valence-corrected chi connectivity index (χ1v) is 11.3. The van der Waals surface area contributed by atoms with E-state index in [1.165, 1.54) is 24.3 Å². The van der Waals surface area contributed by atoms with Crippen molar-refractivity contribution in [2.75, 3.05) is 32.7 Å². The largest absolute Gasteiger partial charge is 0.416 e. The maximum Gasteiger partial charge on any atom is 0.416 e. The van der Waals surface area contributed by atoms with Crippen LogP contribution in [0.5, 0.6) is 0 Å². The molecule has 0 spiro atoms. The Balaban J connectivity index is 1.41. The Morgan fingerprint density at radius 3 is 2.13 bits per heavy atom. The number of hydrogen-bond acceptors (Lipinski definition) is 4. The minimum absolute atomic E-state index is 0.0157. The first-order chi connectivity index (χ1) is 14.6. The lowest BCUT2D eigenvalue weighted by Gasteiger charge is -2.34. The molecule has 0 bridgehead atoms. The molecule has 10 heteroatoms. The van der Waals surface area contributed by atoms with Crippen LogP contribution in [-0.2, 0) is 27.5 Å². The average Bonchev–Trinajstić information content (AvgIpc) is 2.74. The van der Waals surface area contributed by atoms with Crippen LogP contribution < -0.4 is 4.72 Å². The number of hydrogen-bond donors (Lipinski definition) is 1. The Labute approximate surface area is 179 Å². The topological polar surface area (TPSA) is 69.7 Å². The number of halogens is 3. The van der Waals surface area contributed by atoms with Crippen LogP contribution in [0.3, 0.4) is 0 Å². The number of nitrogens with one attached hydrogen (secondary N) is 1. The van der Waals surface area contributed by atoms with Gasteiger partial charge in [0.15, 0.2) is 0 Å². The molecule has 6 nitrogen and oxygen atoms in total. The minimum Gasteiger partial charge on any atom is -0.340 e. The molecule has 0 aromatic heterocycles. The van der Waals surface area contributed by atoms with Gasteiger partial charge in [-0.3, -0.25) is 9.69 Å². The van der Waals surface area contributed by atoms with Gasteiger partial charge in [0.1, 0.15) is 0 Å². The lowest BCUT2D eigenvalue weighted by Crippen LogP contribution is -2.48. The fourth-order valence-corrected chi connectivity index (χ4v) is 4.40. The number of piperazine rings is 1. The van der Waals surface area contributed by atoms with E-state index in [4.69, 9.17) is 0 Å². The Morgan fingerprint density at radius 1 is 0.935 bits per heavy atom. The molecule has 0 radical (unpaired) electrons. The van der Waals surface area contributed by atoms with Crippen LogP contribution in [0.1, 0.15) is 17.5 Å². The van der Waals surface area contributed by atoms with Crippen molar-refractivity contribution in [3.63, 3.8) is 0 Å². The molecule has 2 aromatic rings. The minimum atomic E-state index is -4.35. The molecule has 1 aliphatic rings. The van der Waals surface area contributed by atoms with Crippen LogP contribution in [0.4, 0.5) is 13.2 Å². The molecule has 1 fully saturated rings. The zero-order valence-electron chi connectivity index (χ0n) is 16.8. The molecule has 0 saturated carbocycles. The third-order valence-corrected chi connectivity index (χ3v) is 6.57. The summed E-state index contributed by atoms with van der Waals surface area (Å²) in [5.74, 6) is -0.134. The number of rotatable bonds is 7. The maximum atomic E-state index is 12.7. The lowest BCUT2D eigenvalue weighted by atomic mass is 10.1. The van der Waals surface area contributed by atoms with Crippen LogP contribution >= 0.6 is 0 Å². The standard InChI is InChI=1S/C21H24F3N3O3S/c22-21(23,24)18-8-6-17(7-9-18)16-26-12-14-27(15-13-26)20(28)10-11-25-31(29,30)19-4-2-1-3-5-19/h1-9,25H,10-16H2. The molecule has 0 aliphatic carbocycles. The fourth-order valence-electron chi connectivity index (χ4n) is 3.35. The summed E-state index contributed by atoms with van der Waals surface area (Å²) < 4.78 is 64.7. The van der Waals surface area contributed by atoms with Gasteiger partial charge in [-0.25, -0.2) is 13.1 Å². The molecule has 1 N–H and O–H groups in total. The Kier molecular flexibility index (Phi) is 7.34. The monoisotopic (exact) mass is 455 g/mol. The first-order valence-electron chi connectivity index (χ1n) is 9.86. The highest BCUT2D eigenvalue weighted by atomic mass is 32.2. The molecule has 1 aliphatic heterocycles. The molecule has 1 saturated heterocycles. The van der Waals surface area contributed by atoms with Gasteiger partial charge in [0.05, 0.1) is 10.5 Å². The van der Waals surface area contributed by atoms with Crippen LogP contribution in [0.2, 0.25) is 0 Å². The van der Waals surface area contributed by atoms with Crippen LogP contribution in [0.25, 0.3) is 0 Å². The predicted molar refractivity (Wildman–Crippen MR) is 110 cm³/mol. The summed E-state index contributed by atoms with van der Waals surface area (Å²) in [6, 6.07) is 13.0. The Morgan fingerprint density at radius 2 is 1.55 bits per heavy atom. The molecular formula is C21H24F3N3O3S. The molecule has 31 heavy (non-hydrogen) atoms. The van der Waals surface area contributed by atoms with Crippen molar-refractivity contribution in [3.8, 4) is 0 Å². The van der Waals surface area contributed by atoms with Gasteiger partial charge in [-0.1, -0.05) is 30.3 Å². The molecule has 168 valence electrons. The highest BCUT2D eigenvalue weighted by Gasteiger charge is 2.30. The van der Waals surface area contributed by atoms with E-state index in [1.807, 2.05) is 0 Å². The number of amides is 1. The molecule has 0 unspecified atom stereocenters. The van der Waals surface area contributed by atoms with Crippen LogP contribution in [0, 0.1) is 0 Å². The zero-order chi connectivity index (χ0) is 22.5. The van der Waals surface area contributed by atoms with E-state index in [2.05, 4.69) is 9.62 Å². The van der Waals surface area contributed by atoms with Gasteiger partial charge in [-0.2, -0.15) is 13.2 Å². The van der Waals surface area contributed by atoms with Crippen molar-refractivity contribution in [2.45, 2.75) is 24.0 Å². The van der Waals surface area contributed by atoms with Crippen molar-refractivity contribution >= 4 is 15.9 Å². The summed E-state index contributed by atoms with van der Waals surface area (Å²) in [6.07, 6.45) is -4.29. The van der Waals surface area contributed by atoms with Gasteiger partial charge in [0.2, 0.25) is 15.9 Å². The van der Waals surface area contributed by atoms with E-state index < -0.39 is 21.8 Å². The van der Waals surface area contributed by atoms with E-state index in [0.717, 1.165) is 17.7 Å². The second-order valence-corrected chi connectivity index (χ2v) is 9.08. The van der Waals surface area contributed by atoms with E-state index >= 15 is 0 Å². The van der Waals surface area contributed by atoms with Crippen molar-refractivity contribution in [1.82, 2.24) is 14.5 Å². The van der Waals surface area contributed by atoms with Crippen molar-refractivity contribution in [2.24, 2.45) is 0 Å². The second-order valence-electron chi connectivity index (χ2n) is 7.31. The molecule has 2 aromatic carbocycles.